The highest BCUT2D eigenvalue weighted by Crippen LogP contribution is 2.26. The van der Waals surface area contributed by atoms with Crippen LogP contribution in [-0.4, -0.2) is 11.8 Å². The van der Waals surface area contributed by atoms with Crippen molar-refractivity contribution in [1.29, 1.82) is 0 Å². The predicted octanol–water partition coefficient (Wildman–Crippen LogP) is 3.77. The fourth-order valence-corrected chi connectivity index (χ4v) is 2.63. The number of furan rings is 1. The zero-order valence-electron chi connectivity index (χ0n) is 13.9. The van der Waals surface area contributed by atoms with E-state index in [1.807, 2.05) is 6.07 Å². The molecule has 0 aliphatic heterocycles. The van der Waals surface area contributed by atoms with Crippen LogP contribution < -0.4 is 10.6 Å². The van der Waals surface area contributed by atoms with Crippen LogP contribution in [0.15, 0.2) is 46.9 Å². The van der Waals surface area contributed by atoms with Crippen molar-refractivity contribution in [2.24, 2.45) is 0 Å². The molecule has 3 aromatic rings. The highest BCUT2D eigenvalue weighted by molar-refractivity contribution is 5.98. The van der Waals surface area contributed by atoms with Crippen molar-refractivity contribution in [2.75, 3.05) is 5.32 Å². The number of fused-ring (bicyclic) bond motifs is 1. The molecule has 0 saturated carbocycles. The molecule has 1 heterocycles. The lowest BCUT2D eigenvalue weighted by Crippen LogP contribution is -2.23. The largest absolute Gasteiger partial charge is 0.451 e. The molecule has 2 N–H and O–H groups in total. The molecule has 5 nitrogen and oxygen atoms in total. The van der Waals surface area contributed by atoms with Gasteiger partial charge in [0, 0.05) is 30.1 Å². The molecule has 0 unspecified atom stereocenters. The second-order valence-electron chi connectivity index (χ2n) is 5.76. The van der Waals surface area contributed by atoms with Crippen molar-refractivity contribution in [3.63, 3.8) is 0 Å². The van der Waals surface area contributed by atoms with E-state index in [1.54, 1.807) is 25.1 Å². The first-order valence-electron chi connectivity index (χ1n) is 7.77. The van der Waals surface area contributed by atoms with Crippen LogP contribution in [0.5, 0.6) is 0 Å². The number of amides is 2. The van der Waals surface area contributed by atoms with Crippen molar-refractivity contribution in [3.8, 4) is 0 Å². The molecule has 0 aliphatic rings. The van der Waals surface area contributed by atoms with Gasteiger partial charge in [-0.3, -0.25) is 9.59 Å². The van der Waals surface area contributed by atoms with Crippen LogP contribution in [0.3, 0.4) is 0 Å². The maximum Gasteiger partial charge on any atom is 0.287 e. The number of hydrogen-bond donors (Lipinski definition) is 2. The quantitative estimate of drug-likeness (QED) is 0.759. The number of rotatable bonds is 4. The van der Waals surface area contributed by atoms with Gasteiger partial charge in [-0.25, -0.2) is 4.39 Å². The third-order valence-corrected chi connectivity index (χ3v) is 3.80. The third-order valence-electron chi connectivity index (χ3n) is 3.80. The van der Waals surface area contributed by atoms with Gasteiger partial charge in [0.1, 0.15) is 11.4 Å². The second kappa shape index (κ2) is 6.76. The molecular weight excluding hydrogens is 323 g/mol. The highest BCUT2D eigenvalue weighted by Gasteiger charge is 2.17. The molecule has 128 valence electrons. The van der Waals surface area contributed by atoms with Crippen LogP contribution in [0.4, 0.5) is 10.1 Å². The zero-order chi connectivity index (χ0) is 18.0. The fourth-order valence-electron chi connectivity index (χ4n) is 2.63. The maximum absolute atomic E-state index is 13.4. The summed E-state index contributed by atoms with van der Waals surface area (Å²) in [5.74, 6) is -0.748. The highest BCUT2D eigenvalue weighted by atomic mass is 19.1. The van der Waals surface area contributed by atoms with Crippen molar-refractivity contribution < 1.29 is 18.4 Å². The van der Waals surface area contributed by atoms with Crippen LogP contribution >= 0.6 is 0 Å². The van der Waals surface area contributed by atoms with Gasteiger partial charge in [0.2, 0.25) is 5.91 Å². The first kappa shape index (κ1) is 16.7. The summed E-state index contributed by atoms with van der Waals surface area (Å²) in [6, 6.07) is 11.3. The Bertz CT molecular complexity index is 962. The summed E-state index contributed by atoms with van der Waals surface area (Å²) in [4.78, 5) is 23.5. The second-order valence-corrected chi connectivity index (χ2v) is 5.76. The number of carbonyl (C=O) groups is 2. The molecule has 2 aromatic carbocycles. The van der Waals surface area contributed by atoms with Gasteiger partial charge in [-0.15, -0.1) is 0 Å². The summed E-state index contributed by atoms with van der Waals surface area (Å²) in [6.45, 7) is 3.43. The number of anilines is 1. The lowest BCUT2D eigenvalue weighted by Gasteiger charge is -2.07. The van der Waals surface area contributed by atoms with Gasteiger partial charge in [-0.05, 0) is 42.8 Å². The molecule has 0 spiro atoms. The van der Waals surface area contributed by atoms with Crippen LogP contribution in [0.2, 0.25) is 0 Å². The Morgan fingerprint density at radius 2 is 1.96 bits per heavy atom. The van der Waals surface area contributed by atoms with Crippen LogP contribution in [0.1, 0.15) is 28.6 Å². The molecule has 25 heavy (non-hydrogen) atoms. The van der Waals surface area contributed by atoms with Gasteiger partial charge in [-0.1, -0.05) is 12.1 Å². The Kier molecular flexibility index (Phi) is 4.52. The Labute approximate surface area is 143 Å². The average molecular weight is 340 g/mol. The number of carbonyl (C=O) groups excluding carboxylic acids is 2. The number of nitrogens with one attached hydrogen (secondary N) is 2. The summed E-state index contributed by atoms with van der Waals surface area (Å²) in [7, 11) is 0. The van der Waals surface area contributed by atoms with E-state index in [2.05, 4.69) is 10.6 Å². The number of hydrogen-bond acceptors (Lipinski definition) is 3. The van der Waals surface area contributed by atoms with E-state index in [0.717, 1.165) is 5.56 Å². The summed E-state index contributed by atoms with van der Waals surface area (Å²) >= 11 is 0. The van der Waals surface area contributed by atoms with Gasteiger partial charge in [0.05, 0.1) is 0 Å². The molecule has 0 bridgehead atoms. The number of benzene rings is 2. The van der Waals surface area contributed by atoms with Gasteiger partial charge in [0.15, 0.2) is 5.76 Å². The zero-order valence-corrected chi connectivity index (χ0v) is 13.9. The molecule has 3 rings (SSSR count). The summed E-state index contributed by atoms with van der Waals surface area (Å²) in [6.07, 6.45) is 0. The van der Waals surface area contributed by atoms with E-state index >= 15 is 0 Å². The van der Waals surface area contributed by atoms with Gasteiger partial charge < -0.3 is 15.1 Å². The average Bonchev–Trinajstić information content (AvgIpc) is 2.89. The van der Waals surface area contributed by atoms with E-state index in [1.165, 1.54) is 25.1 Å². The van der Waals surface area contributed by atoms with Crippen molar-refractivity contribution in [2.45, 2.75) is 20.4 Å². The van der Waals surface area contributed by atoms with E-state index in [-0.39, 0.29) is 29.9 Å². The molecule has 0 fully saturated rings. The van der Waals surface area contributed by atoms with Gasteiger partial charge in [-0.2, -0.15) is 0 Å². The Balaban J connectivity index is 1.75. The first-order chi connectivity index (χ1) is 11.9. The van der Waals surface area contributed by atoms with Crippen molar-refractivity contribution in [3.05, 3.63) is 65.2 Å². The Hall–Kier alpha value is -3.15. The van der Waals surface area contributed by atoms with Gasteiger partial charge in [0.25, 0.3) is 5.91 Å². The topological polar surface area (TPSA) is 71.3 Å². The maximum atomic E-state index is 13.4. The van der Waals surface area contributed by atoms with Crippen LogP contribution in [0, 0.1) is 12.7 Å². The monoisotopic (exact) mass is 340 g/mol. The molecule has 0 saturated heterocycles. The van der Waals surface area contributed by atoms with Crippen LogP contribution in [-0.2, 0) is 11.3 Å². The molecule has 0 aliphatic carbocycles. The normalized spacial score (nSPS) is 10.7. The predicted molar refractivity (Wildman–Crippen MR) is 92.8 cm³/mol. The molecule has 0 radical (unpaired) electrons. The number of halogens is 1. The van der Waals surface area contributed by atoms with Gasteiger partial charge >= 0.3 is 0 Å². The third kappa shape index (κ3) is 3.68. The molecule has 6 heteroatoms. The van der Waals surface area contributed by atoms with Crippen LogP contribution in [0.25, 0.3) is 11.0 Å². The summed E-state index contributed by atoms with van der Waals surface area (Å²) in [5.41, 5.74) is 2.56. The van der Waals surface area contributed by atoms with E-state index in [9.17, 15) is 14.0 Å². The number of aryl methyl sites for hydroxylation is 1. The standard InChI is InChI=1S/C19H17FN2O3/c1-11-16-9-14(20)6-7-17(16)25-18(11)19(24)21-10-13-4-3-5-15(8-13)22-12(2)23/h3-9H,10H2,1-2H3,(H,21,24)(H,22,23). The smallest absolute Gasteiger partial charge is 0.287 e. The van der Waals surface area contributed by atoms with E-state index in [0.29, 0.717) is 22.2 Å². The molecular formula is C19H17FN2O3. The minimum Gasteiger partial charge on any atom is -0.451 e. The molecule has 1 aromatic heterocycles. The Morgan fingerprint density at radius 3 is 2.72 bits per heavy atom. The lowest BCUT2D eigenvalue weighted by atomic mass is 10.1. The molecule has 2 amide bonds. The minimum absolute atomic E-state index is 0.161. The van der Waals surface area contributed by atoms with E-state index < -0.39 is 0 Å². The fraction of sp³-hybridized carbons (Fsp3) is 0.158. The Morgan fingerprint density at radius 1 is 1.16 bits per heavy atom. The SMILES string of the molecule is CC(=O)Nc1cccc(CNC(=O)c2oc3ccc(F)cc3c2C)c1. The first-order valence-corrected chi connectivity index (χ1v) is 7.77. The lowest BCUT2D eigenvalue weighted by molar-refractivity contribution is -0.114. The summed E-state index contributed by atoms with van der Waals surface area (Å²) in [5, 5.41) is 6.05. The van der Waals surface area contributed by atoms with Crippen molar-refractivity contribution >= 4 is 28.5 Å². The minimum atomic E-state index is -0.377. The van der Waals surface area contributed by atoms with Crippen molar-refractivity contribution in [1.82, 2.24) is 5.32 Å². The summed E-state index contributed by atoms with van der Waals surface area (Å²) < 4.78 is 18.9. The molecule has 0 atom stereocenters. The van der Waals surface area contributed by atoms with E-state index in [4.69, 9.17) is 4.42 Å².